The number of carbonyl (C=O) groups excluding carboxylic acids is 2. The lowest BCUT2D eigenvalue weighted by Gasteiger charge is -2.40. The van der Waals surface area contributed by atoms with Gasteiger partial charge in [-0.1, -0.05) is 69.8 Å². The summed E-state index contributed by atoms with van der Waals surface area (Å²) in [4.78, 5) is 41.7. The smallest absolute Gasteiger partial charge is 0.233 e. The fourth-order valence-electron chi connectivity index (χ4n) is 7.88. The number of piperazine rings is 1. The molecule has 2 bridgehead atoms. The van der Waals surface area contributed by atoms with Gasteiger partial charge in [0.15, 0.2) is 5.16 Å². The maximum absolute atomic E-state index is 13.2. The van der Waals surface area contributed by atoms with Gasteiger partial charge in [-0.15, -0.1) is 0 Å². The van der Waals surface area contributed by atoms with Crippen molar-refractivity contribution < 1.29 is 9.59 Å². The second-order valence-corrected chi connectivity index (χ2v) is 14.8. The lowest BCUT2D eigenvalue weighted by Crippen LogP contribution is -2.54. The number of hydrogen-bond acceptors (Lipinski definition) is 6. The molecule has 0 radical (unpaired) electrons. The van der Waals surface area contributed by atoms with Crippen molar-refractivity contribution in [2.45, 2.75) is 103 Å². The van der Waals surface area contributed by atoms with Gasteiger partial charge in [0.1, 0.15) is 11.0 Å². The number of rotatable bonds is 7. The van der Waals surface area contributed by atoms with Crippen molar-refractivity contribution in [3.8, 4) is 0 Å². The number of anilines is 1. The molecule has 2 aliphatic carbocycles. The van der Waals surface area contributed by atoms with Crippen molar-refractivity contribution in [1.29, 1.82) is 0 Å². The van der Waals surface area contributed by atoms with Crippen molar-refractivity contribution in [2.24, 2.45) is 16.7 Å². The van der Waals surface area contributed by atoms with Crippen LogP contribution in [0.5, 0.6) is 0 Å². The van der Waals surface area contributed by atoms with Crippen molar-refractivity contribution in [3.05, 3.63) is 11.2 Å². The molecule has 2 saturated carbocycles. The Morgan fingerprint density at radius 2 is 1.84 bits per heavy atom. The molecule has 210 valence electrons. The highest BCUT2D eigenvalue weighted by Crippen LogP contribution is 2.52. The minimum atomic E-state index is 0.117. The van der Waals surface area contributed by atoms with Crippen LogP contribution in [0, 0.1) is 16.7 Å². The molecule has 3 atom stereocenters. The first-order chi connectivity index (χ1) is 18.0. The Balaban J connectivity index is 1.15. The van der Waals surface area contributed by atoms with Gasteiger partial charge < -0.3 is 14.7 Å². The predicted octanol–water partition coefficient (Wildman–Crippen LogP) is 5.66. The lowest BCUT2D eigenvalue weighted by molar-refractivity contribution is -0.134. The van der Waals surface area contributed by atoms with Gasteiger partial charge in [-0.3, -0.25) is 9.59 Å². The van der Waals surface area contributed by atoms with Crippen molar-refractivity contribution in [3.63, 3.8) is 0 Å². The highest BCUT2D eigenvalue weighted by Gasteiger charge is 2.50. The van der Waals surface area contributed by atoms with Crippen LogP contribution in [0.25, 0.3) is 0 Å². The van der Waals surface area contributed by atoms with E-state index in [1.54, 1.807) is 6.07 Å². The Morgan fingerprint density at radius 3 is 2.58 bits per heavy atom. The Hall–Kier alpha value is -1.54. The minimum Gasteiger partial charge on any atom is -0.353 e. The molecule has 0 N–H and O–H groups in total. The summed E-state index contributed by atoms with van der Waals surface area (Å²) in [5.74, 6) is 2.29. The summed E-state index contributed by atoms with van der Waals surface area (Å²) < 4.78 is 0. The second-order valence-electron chi connectivity index (χ2n) is 13.4. The van der Waals surface area contributed by atoms with Gasteiger partial charge in [0.2, 0.25) is 11.8 Å². The van der Waals surface area contributed by atoms with Gasteiger partial charge >= 0.3 is 0 Å². The Kier molecular flexibility index (Phi) is 8.22. The first-order valence-corrected chi connectivity index (χ1v) is 15.9. The molecule has 1 aromatic rings. The molecule has 3 unspecified atom stereocenters. The van der Waals surface area contributed by atoms with Crippen LogP contribution in [-0.2, 0) is 9.59 Å². The highest BCUT2D eigenvalue weighted by atomic mass is 35.5. The Bertz CT molecular complexity index is 1050. The van der Waals surface area contributed by atoms with Gasteiger partial charge in [-0.2, -0.15) is 0 Å². The zero-order valence-electron chi connectivity index (χ0n) is 23.5. The monoisotopic (exact) mass is 561 g/mol. The fraction of sp³-hybridized carbons (Fsp3) is 0.793. The molecule has 38 heavy (non-hydrogen) atoms. The highest BCUT2D eigenvalue weighted by molar-refractivity contribution is 7.99. The first kappa shape index (κ1) is 28.0. The van der Waals surface area contributed by atoms with Crippen molar-refractivity contribution in [2.75, 3.05) is 36.8 Å². The summed E-state index contributed by atoms with van der Waals surface area (Å²) in [6, 6.07) is 2.25. The van der Waals surface area contributed by atoms with Crippen LogP contribution in [0.4, 0.5) is 5.82 Å². The summed E-state index contributed by atoms with van der Waals surface area (Å²) in [6.45, 7) is 12.1. The third kappa shape index (κ3) is 6.43. The largest absolute Gasteiger partial charge is 0.353 e. The normalized spacial score (nSPS) is 29.2. The SMILES string of the molecule is CC1CN(c2cc(Cl)nc(SCC(=O)N3CC4(C)CC3CC(C)(C)C4)n2)CCN1C(=O)CCC1CCCC1. The molecule has 0 spiro atoms. The number of hydrogen-bond donors (Lipinski definition) is 0. The molecule has 2 saturated heterocycles. The van der Waals surface area contributed by atoms with E-state index in [-0.39, 0.29) is 28.7 Å². The maximum atomic E-state index is 13.2. The number of fused-ring (bicyclic) bond motifs is 2. The van der Waals surface area contributed by atoms with Gasteiger partial charge in [0.05, 0.1) is 5.75 Å². The number of halogens is 1. The van der Waals surface area contributed by atoms with E-state index in [0.29, 0.717) is 35.1 Å². The Labute approximate surface area is 237 Å². The molecular weight excluding hydrogens is 518 g/mol. The maximum Gasteiger partial charge on any atom is 0.233 e. The quantitative estimate of drug-likeness (QED) is 0.243. The number of aromatic nitrogens is 2. The van der Waals surface area contributed by atoms with Crippen LogP contribution < -0.4 is 4.90 Å². The second kappa shape index (κ2) is 11.1. The zero-order valence-corrected chi connectivity index (χ0v) is 25.1. The van der Waals surface area contributed by atoms with Gasteiger partial charge in [-0.05, 0) is 49.4 Å². The number of likely N-dealkylation sites (tertiary alicyclic amines) is 1. The van der Waals surface area contributed by atoms with Crippen LogP contribution in [0.1, 0.15) is 85.5 Å². The van der Waals surface area contributed by atoms with Crippen LogP contribution in [0.3, 0.4) is 0 Å². The van der Waals surface area contributed by atoms with E-state index in [0.717, 1.165) is 50.6 Å². The van der Waals surface area contributed by atoms with E-state index < -0.39 is 0 Å². The number of thioether (sulfide) groups is 1. The molecule has 7 nitrogen and oxygen atoms in total. The molecule has 2 aliphatic heterocycles. The standard InChI is InChI=1S/C29H44ClN5O2S/c1-20-16-33(11-12-34(20)25(36)10-9-21-7-5-6-8-21)24-13-23(30)31-27(32-24)38-17-26(37)35-19-29(4)15-22(35)14-28(2,3)18-29/h13,20-22H,5-12,14-19H2,1-4H3. The summed E-state index contributed by atoms with van der Waals surface area (Å²) in [7, 11) is 0. The van der Waals surface area contributed by atoms with Crippen LogP contribution in [0.2, 0.25) is 5.15 Å². The van der Waals surface area contributed by atoms with Gasteiger partial charge in [0, 0.05) is 50.7 Å². The van der Waals surface area contributed by atoms with Gasteiger partial charge in [-0.25, -0.2) is 9.97 Å². The first-order valence-electron chi connectivity index (χ1n) is 14.5. The fourth-order valence-corrected chi connectivity index (χ4v) is 8.85. The Morgan fingerprint density at radius 1 is 1.08 bits per heavy atom. The van der Waals surface area contributed by atoms with Crippen LogP contribution >= 0.6 is 23.4 Å². The average molecular weight is 562 g/mol. The number of carbonyl (C=O) groups is 2. The molecule has 4 aliphatic rings. The van der Waals surface area contributed by atoms with E-state index in [2.05, 4.69) is 42.5 Å². The predicted molar refractivity (Wildman–Crippen MR) is 154 cm³/mol. The summed E-state index contributed by atoms with van der Waals surface area (Å²) in [5.41, 5.74) is 0.510. The van der Waals surface area contributed by atoms with E-state index in [4.69, 9.17) is 16.6 Å². The lowest BCUT2D eigenvalue weighted by atomic mass is 9.65. The molecule has 0 aromatic carbocycles. The molecule has 1 aromatic heterocycles. The summed E-state index contributed by atoms with van der Waals surface area (Å²) in [6.07, 6.45) is 10.3. The average Bonchev–Trinajstić information content (AvgIpc) is 3.45. The van der Waals surface area contributed by atoms with E-state index >= 15 is 0 Å². The minimum absolute atomic E-state index is 0.117. The molecule has 5 rings (SSSR count). The van der Waals surface area contributed by atoms with Crippen LogP contribution in [0.15, 0.2) is 11.2 Å². The third-order valence-corrected chi connectivity index (χ3v) is 10.3. The van der Waals surface area contributed by atoms with E-state index in [1.165, 1.54) is 43.9 Å². The molecular formula is C29H44ClN5O2S. The molecule has 2 amide bonds. The van der Waals surface area contributed by atoms with E-state index in [1.807, 2.05) is 4.90 Å². The molecule has 3 heterocycles. The number of amides is 2. The molecule has 9 heteroatoms. The van der Waals surface area contributed by atoms with Crippen LogP contribution in [-0.4, -0.2) is 75.6 Å². The van der Waals surface area contributed by atoms with Crippen molar-refractivity contribution >= 4 is 41.0 Å². The third-order valence-electron chi connectivity index (χ3n) is 9.23. The van der Waals surface area contributed by atoms with Crippen molar-refractivity contribution in [1.82, 2.24) is 19.8 Å². The topological polar surface area (TPSA) is 69.6 Å². The van der Waals surface area contributed by atoms with Gasteiger partial charge in [0.25, 0.3) is 0 Å². The molecule has 4 fully saturated rings. The zero-order chi connectivity index (χ0) is 27.1. The number of nitrogens with zero attached hydrogens (tertiary/aromatic N) is 5. The summed E-state index contributed by atoms with van der Waals surface area (Å²) in [5, 5.41) is 0.927. The van der Waals surface area contributed by atoms with E-state index in [9.17, 15) is 9.59 Å². The summed E-state index contributed by atoms with van der Waals surface area (Å²) >= 11 is 7.78.